The Balaban J connectivity index is 2.39. The number of hydrogen-bond donors (Lipinski definition) is 2. The van der Waals surface area contributed by atoms with E-state index < -0.39 is 7.82 Å². The average Bonchev–Trinajstić information content (AvgIpc) is 2.40. The van der Waals surface area contributed by atoms with Crippen molar-refractivity contribution in [2.75, 3.05) is 6.61 Å². The molecule has 112 valence electrons. The first kappa shape index (κ1) is 17.1. The number of carbonyl (C=O) groups excluding carboxylic acids is 1. The Labute approximate surface area is 119 Å². The van der Waals surface area contributed by atoms with Crippen LogP contribution in [0.1, 0.15) is 48.5 Å². The normalized spacial score (nSPS) is 11.6. The molecule has 0 amide bonds. The fourth-order valence-electron chi connectivity index (χ4n) is 1.80. The summed E-state index contributed by atoms with van der Waals surface area (Å²) in [5, 5.41) is 0. The predicted molar refractivity (Wildman–Crippen MR) is 76.6 cm³/mol. The summed E-state index contributed by atoms with van der Waals surface area (Å²) in [6.07, 6.45) is 3.66. The van der Waals surface area contributed by atoms with Crippen molar-refractivity contribution >= 4 is 13.6 Å². The van der Waals surface area contributed by atoms with E-state index in [9.17, 15) is 9.36 Å². The summed E-state index contributed by atoms with van der Waals surface area (Å²) in [4.78, 5) is 28.8. The second-order valence-electron chi connectivity index (χ2n) is 4.65. The first-order valence-corrected chi connectivity index (χ1v) is 8.27. The molecule has 1 aromatic rings. The van der Waals surface area contributed by atoms with Gasteiger partial charge in [0.1, 0.15) is 0 Å². The van der Waals surface area contributed by atoms with Crippen LogP contribution in [0.3, 0.4) is 0 Å². The summed E-state index contributed by atoms with van der Waals surface area (Å²) in [6, 6.07) is 7.35. The van der Waals surface area contributed by atoms with Crippen LogP contribution in [-0.4, -0.2) is 22.2 Å². The predicted octanol–water partition coefficient (Wildman–Crippen LogP) is 3.10. The minimum absolute atomic E-state index is 0.0153. The third-order valence-electron chi connectivity index (χ3n) is 2.90. The molecule has 20 heavy (non-hydrogen) atoms. The van der Waals surface area contributed by atoms with E-state index in [1.54, 1.807) is 12.1 Å². The van der Waals surface area contributed by atoms with Gasteiger partial charge in [-0.3, -0.25) is 9.32 Å². The fraction of sp³-hybridized carbons (Fsp3) is 0.500. The van der Waals surface area contributed by atoms with Crippen molar-refractivity contribution in [2.24, 2.45) is 0 Å². The van der Waals surface area contributed by atoms with Crippen molar-refractivity contribution in [2.45, 2.75) is 39.0 Å². The number of unbranched alkanes of at least 4 members (excludes halogenated alkanes) is 1. The minimum Gasteiger partial charge on any atom is -0.303 e. The van der Waals surface area contributed by atoms with Crippen molar-refractivity contribution in [3.05, 3.63) is 35.4 Å². The number of aryl methyl sites for hydroxylation is 1. The van der Waals surface area contributed by atoms with Crippen LogP contribution in [0.25, 0.3) is 0 Å². The average molecular weight is 300 g/mol. The van der Waals surface area contributed by atoms with Gasteiger partial charge in [-0.25, -0.2) is 4.57 Å². The Hall–Kier alpha value is -1.00. The van der Waals surface area contributed by atoms with Crippen molar-refractivity contribution < 1.29 is 23.7 Å². The molecule has 5 nitrogen and oxygen atoms in total. The summed E-state index contributed by atoms with van der Waals surface area (Å²) in [7, 11) is -4.36. The number of carbonyl (C=O) groups is 1. The lowest BCUT2D eigenvalue weighted by molar-refractivity contribution is 0.0979. The highest BCUT2D eigenvalue weighted by atomic mass is 31.2. The van der Waals surface area contributed by atoms with E-state index >= 15 is 0 Å². The van der Waals surface area contributed by atoms with E-state index in [0.717, 1.165) is 18.4 Å². The van der Waals surface area contributed by atoms with E-state index in [-0.39, 0.29) is 12.4 Å². The lowest BCUT2D eigenvalue weighted by atomic mass is 10.0. The molecule has 0 aliphatic rings. The molecule has 0 aromatic heterocycles. The fourth-order valence-corrected chi connectivity index (χ4v) is 2.17. The number of benzene rings is 1. The van der Waals surface area contributed by atoms with Crippen LogP contribution >= 0.6 is 7.82 Å². The van der Waals surface area contributed by atoms with E-state index in [1.165, 1.54) is 0 Å². The first-order chi connectivity index (χ1) is 9.42. The molecule has 0 saturated carbocycles. The smallest absolute Gasteiger partial charge is 0.303 e. The summed E-state index contributed by atoms with van der Waals surface area (Å²) in [5.41, 5.74) is 1.74. The van der Waals surface area contributed by atoms with Gasteiger partial charge < -0.3 is 9.79 Å². The second kappa shape index (κ2) is 8.32. The highest BCUT2D eigenvalue weighted by molar-refractivity contribution is 7.46. The molecule has 1 aromatic carbocycles. The zero-order valence-corrected chi connectivity index (χ0v) is 12.5. The van der Waals surface area contributed by atoms with Crippen LogP contribution < -0.4 is 0 Å². The zero-order chi connectivity index (χ0) is 15.0. The van der Waals surface area contributed by atoms with Gasteiger partial charge in [-0.1, -0.05) is 37.6 Å². The standard InChI is InChI=1S/C14H21O5P/c1-2-3-6-14(15)13-9-7-12(8-10-13)5-4-11-19-20(16,17)18/h7-10H,2-6,11H2,1H3,(H2,16,17,18). The first-order valence-electron chi connectivity index (χ1n) is 6.74. The lowest BCUT2D eigenvalue weighted by Crippen LogP contribution is -1.99. The van der Waals surface area contributed by atoms with Crippen LogP contribution in [0.4, 0.5) is 0 Å². The van der Waals surface area contributed by atoms with E-state index in [4.69, 9.17) is 9.79 Å². The number of phosphoric ester groups is 1. The Kier molecular flexibility index (Phi) is 7.10. The van der Waals surface area contributed by atoms with Gasteiger partial charge in [-0.05, 0) is 24.8 Å². The largest absolute Gasteiger partial charge is 0.469 e. The van der Waals surface area contributed by atoms with Gasteiger partial charge in [-0.2, -0.15) is 0 Å². The SMILES string of the molecule is CCCCC(=O)c1ccc(CCCOP(=O)(O)O)cc1. The molecule has 2 N–H and O–H groups in total. The van der Waals surface area contributed by atoms with Crippen LogP contribution in [0.2, 0.25) is 0 Å². The molecular formula is C14H21O5P. The number of Topliss-reactive ketones (excluding diaryl/α,β-unsaturated/α-hetero) is 1. The van der Waals surface area contributed by atoms with Crippen molar-refractivity contribution in [3.8, 4) is 0 Å². The van der Waals surface area contributed by atoms with Crippen molar-refractivity contribution in [1.82, 2.24) is 0 Å². The Bertz CT molecular complexity index is 463. The van der Waals surface area contributed by atoms with Gasteiger partial charge >= 0.3 is 7.82 Å². The molecule has 1 rings (SSSR count). The maximum absolute atomic E-state index is 11.8. The topological polar surface area (TPSA) is 83.8 Å². The van der Waals surface area contributed by atoms with Gasteiger partial charge in [0.25, 0.3) is 0 Å². The van der Waals surface area contributed by atoms with Crippen molar-refractivity contribution in [3.63, 3.8) is 0 Å². The van der Waals surface area contributed by atoms with Crippen LogP contribution in [-0.2, 0) is 15.5 Å². The highest BCUT2D eigenvalue weighted by Gasteiger charge is 2.12. The summed E-state index contributed by atoms with van der Waals surface area (Å²) in [6.45, 7) is 2.07. The lowest BCUT2D eigenvalue weighted by Gasteiger charge is -2.06. The zero-order valence-electron chi connectivity index (χ0n) is 11.6. The summed E-state index contributed by atoms with van der Waals surface area (Å²) in [5.74, 6) is 0.156. The number of phosphoric acid groups is 1. The molecule has 0 radical (unpaired) electrons. The van der Waals surface area contributed by atoms with E-state index in [1.807, 2.05) is 12.1 Å². The molecule has 0 spiro atoms. The van der Waals surface area contributed by atoms with Crippen LogP contribution in [0.15, 0.2) is 24.3 Å². The Morgan fingerprint density at radius 1 is 1.20 bits per heavy atom. The summed E-state index contributed by atoms with van der Waals surface area (Å²) < 4.78 is 14.9. The molecule has 0 fully saturated rings. The van der Waals surface area contributed by atoms with Gasteiger partial charge in [0, 0.05) is 12.0 Å². The van der Waals surface area contributed by atoms with Gasteiger partial charge in [0.05, 0.1) is 6.61 Å². The highest BCUT2D eigenvalue weighted by Crippen LogP contribution is 2.35. The summed E-state index contributed by atoms with van der Waals surface area (Å²) >= 11 is 0. The Morgan fingerprint density at radius 3 is 2.40 bits per heavy atom. The minimum atomic E-state index is -4.36. The molecule has 0 aliphatic carbocycles. The molecular weight excluding hydrogens is 279 g/mol. The second-order valence-corrected chi connectivity index (χ2v) is 5.89. The van der Waals surface area contributed by atoms with Crippen molar-refractivity contribution in [1.29, 1.82) is 0 Å². The number of ketones is 1. The maximum Gasteiger partial charge on any atom is 0.469 e. The molecule has 0 saturated heterocycles. The third-order valence-corrected chi connectivity index (χ3v) is 3.42. The molecule has 0 aliphatic heterocycles. The molecule has 0 unspecified atom stereocenters. The maximum atomic E-state index is 11.8. The monoisotopic (exact) mass is 300 g/mol. The molecule has 0 atom stereocenters. The van der Waals surface area contributed by atoms with Gasteiger partial charge in [0.2, 0.25) is 0 Å². The molecule has 6 heteroatoms. The van der Waals surface area contributed by atoms with Crippen LogP contribution in [0.5, 0.6) is 0 Å². The Morgan fingerprint density at radius 2 is 1.85 bits per heavy atom. The quantitative estimate of drug-likeness (QED) is 0.416. The third kappa shape index (κ3) is 6.96. The van der Waals surface area contributed by atoms with Crippen LogP contribution in [0, 0.1) is 0 Å². The number of hydrogen-bond acceptors (Lipinski definition) is 3. The molecule has 0 heterocycles. The van der Waals surface area contributed by atoms with Gasteiger partial charge in [0.15, 0.2) is 5.78 Å². The van der Waals surface area contributed by atoms with E-state index in [2.05, 4.69) is 11.4 Å². The van der Waals surface area contributed by atoms with E-state index in [0.29, 0.717) is 24.8 Å². The molecule has 0 bridgehead atoms. The van der Waals surface area contributed by atoms with Gasteiger partial charge in [-0.15, -0.1) is 0 Å². The number of rotatable bonds is 9.